The van der Waals surface area contributed by atoms with Gasteiger partial charge in [0.1, 0.15) is 0 Å². The summed E-state index contributed by atoms with van der Waals surface area (Å²) in [7, 11) is 0. The highest BCUT2D eigenvalue weighted by Crippen LogP contribution is 2.23. The summed E-state index contributed by atoms with van der Waals surface area (Å²) in [5, 5.41) is 19.3. The first kappa shape index (κ1) is 13.2. The fourth-order valence-corrected chi connectivity index (χ4v) is 1.28. The molecule has 0 radical (unpaired) electrons. The molecule has 0 heterocycles. The van der Waals surface area contributed by atoms with Crippen LogP contribution in [-0.2, 0) is 0 Å². The van der Waals surface area contributed by atoms with E-state index >= 15 is 0 Å². The molecule has 0 aromatic heterocycles. The van der Waals surface area contributed by atoms with Gasteiger partial charge in [0.15, 0.2) is 0 Å². The van der Waals surface area contributed by atoms with Gasteiger partial charge in [-0.25, -0.2) is 0 Å². The molecule has 0 bridgehead atoms. The van der Waals surface area contributed by atoms with E-state index in [-0.39, 0.29) is 12.0 Å². The van der Waals surface area contributed by atoms with Gasteiger partial charge >= 0.3 is 0 Å². The Hall–Kier alpha value is -0.830. The van der Waals surface area contributed by atoms with Gasteiger partial charge in [-0.3, -0.25) is 0 Å². The molecule has 0 aliphatic carbocycles. The molecule has 0 aromatic rings. The molecule has 0 saturated carbocycles. The van der Waals surface area contributed by atoms with Crippen molar-refractivity contribution in [1.82, 2.24) is 5.32 Å². The molecule has 14 heavy (non-hydrogen) atoms. The van der Waals surface area contributed by atoms with Crippen LogP contribution in [0.1, 0.15) is 33.6 Å². The van der Waals surface area contributed by atoms with Crippen LogP contribution in [0.3, 0.4) is 0 Å². The molecule has 0 unspecified atom stereocenters. The number of hydrogen-bond acceptors (Lipinski definition) is 3. The van der Waals surface area contributed by atoms with E-state index in [0.29, 0.717) is 12.3 Å². The van der Waals surface area contributed by atoms with E-state index in [1.54, 1.807) is 12.3 Å². The number of rotatable bonds is 7. The molecule has 0 amide bonds. The molecule has 3 nitrogen and oxygen atoms in total. The maximum absolute atomic E-state index is 8.53. The molecule has 0 atom stereocenters. The van der Waals surface area contributed by atoms with Gasteiger partial charge in [-0.1, -0.05) is 27.2 Å². The van der Waals surface area contributed by atoms with E-state index in [4.69, 9.17) is 10.5 Å². The summed E-state index contributed by atoms with van der Waals surface area (Å²) in [4.78, 5) is 0. The summed E-state index contributed by atoms with van der Waals surface area (Å²) in [6, 6.07) is 0. The second kappa shape index (κ2) is 6.60. The SMILES string of the molecule is CCCC(C)(C)C(=N)/C=C\NCCO. The zero-order valence-corrected chi connectivity index (χ0v) is 9.43. The van der Waals surface area contributed by atoms with Crippen molar-refractivity contribution in [1.29, 1.82) is 5.41 Å². The van der Waals surface area contributed by atoms with Crippen molar-refractivity contribution < 1.29 is 5.11 Å². The van der Waals surface area contributed by atoms with Crippen LogP contribution in [0.15, 0.2) is 12.3 Å². The Kier molecular flexibility index (Phi) is 6.21. The summed E-state index contributed by atoms with van der Waals surface area (Å²) in [5.41, 5.74) is 0.580. The zero-order chi connectivity index (χ0) is 11.0. The number of nitrogens with one attached hydrogen (secondary N) is 2. The maximum Gasteiger partial charge on any atom is 0.0603 e. The summed E-state index contributed by atoms with van der Waals surface area (Å²) >= 11 is 0. The summed E-state index contributed by atoms with van der Waals surface area (Å²) in [6.07, 6.45) is 5.62. The molecule has 0 aromatic carbocycles. The van der Waals surface area contributed by atoms with Crippen molar-refractivity contribution in [3.63, 3.8) is 0 Å². The Morgan fingerprint density at radius 2 is 2.14 bits per heavy atom. The van der Waals surface area contributed by atoms with Gasteiger partial charge in [0, 0.05) is 17.7 Å². The minimum atomic E-state index is -0.0495. The molecular formula is C11H22N2O. The maximum atomic E-state index is 8.53. The first-order valence-corrected chi connectivity index (χ1v) is 5.14. The quantitative estimate of drug-likeness (QED) is 0.432. The highest BCUT2D eigenvalue weighted by molar-refractivity contribution is 5.96. The Morgan fingerprint density at radius 3 is 2.64 bits per heavy atom. The van der Waals surface area contributed by atoms with Gasteiger partial charge in [0.05, 0.1) is 6.61 Å². The molecule has 0 spiro atoms. The number of hydrogen-bond donors (Lipinski definition) is 3. The lowest BCUT2D eigenvalue weighted by Gasteiger charge is -2.22. The van der Waals surface area contributed by atoms with Crippen LogP contribution in [0.5, 0.6) is 0 Å². The fraction of sp³-hybridized carbons (Fsp3) is 0.727. The monoisotopic (exact) mass is 198 g/mol. The van der Waals surface area contributed by atoms with Gasteiger partial charge < -0.3 is 15.8 Å². The lowest BCUT2D eigenvalue weighted by molar-refractivity contribution is 0.298. The lowest BCUT2D eigenvalue weighted by Crippen LogP contribution is -2.22. The van der Waals surface area contributed by atoms with Crippen molar-refractivity contribution in [3.8, 4) is 0 Å². The van der Waals surface area contributed by atoms with Crippen molar-refractivity contribution in [2.75, 3.05) is 13.2 Å². The first-order chi connectivity index (χ1) is 6.54. The van der Waals surface area contributed by atoms with Gasteiger partial charge in [-0.2, -0.15) is 0 Å². The van der Waals surface area contributed by atoms with E-state index in [1.807, 2.05) is 0 Å². The van der Waals surface area contributed by atoms with Crippen LogP contribution in [0.4, 0.5) is 0 Å². The molecular weight excluding hydrogens is 176 g/mol. The number of aliphatic hydroxyl groups excluding tert-OH is 1. The molecule has 0 aliphatic rings. The standard InChI is InChI=1S/C11H22N2O/c1-4-6-11(2,3)10(12)5-7-13-8-9-14/h5,7,12-14H,4,6,8-9H2,1-3H3/b7-5-,12-10?. The third-order valence-corrected chi connectivity index (χ3v) is 2.23. The van der Waals surface area contributed by atoms with Gasteiger partial charge in [-0.05, 0) is 18.7 Å². The topological polar surface area (TPSA) is 56.1 Å². The van der Waals surface area contributed by atoms with Crippen molar-refractivity contribution >= 4 is 5.71 Å². The predicted octanol–water partition coefficient (Wildman–Crippen LogP) is 1.93. The third-order valence-electron chi connectivity index (χ3n) is 2.23. The predicted molar refractivity (Wildman–Crippen MR) is 60.6 cm³/mol. The van der Waals surface area contributed by atoms with Crippen LogP contribution in [0.2, 0.25) is 0 Å². The Morgan fingerprint density at radius 1 is 1.50 bits per heavy atom. The Bertz CT molecular complexity index is 197. The van der Waals surface area contributed by atoms with Crippen LogP contribution in [0.25, 0.3) is 0 Å². The van der Waals surface area contributed by atoms with Gasteiger partial charge in [0.2, 0.25) is 0 Å². The number of aliphatic hydroxyl groups is 1. The molecule has 0 aliphatic heterocycles. The molecule has 0 fully saturated rings. The minimum Gasteiger partial charge on any atom is -0.395 e. The highest BCUT2D eigenvalue weighted by Gasteiger charge is 2.20. The highest BCUT2D eigenvalue weighted by atomic mass is 16.3. The molecule has 0 rings (SSSR count). The molecule has 0 saturated heterocycles. The van der Waals surface area contributed by atoms with Crippen LogP contribution in [0, 0.1) is 10.8 Å². The smallest absolute Gasteiger partial charge is 0.0603 e. The van der Waals surface area contributed by atoms with Crippen molar-refractivity contribution in [2.24, 2.45) is 5.41 Å². The van der Waals surface area contributed by atoms with Crippen LogP contribution >= 0.6 is 0 Å². The van der Waals surface area contributed by atoms with E-state index in [1.165, 1.54) is 0 Å². The van der Waals surface area contributed by atoms with Gasteiger partial charge in [-0.15, -0.1) is 0 Å². The summed E-state index contributed by atoms with van der Waals surface area (Å²) in [5.74, 6) is 0. The van der Waals surface area contributed by atoms with E-state index < -0.39 is 0 Å². The van der Waals surface area contributed by atoms with E-state index in [0.717, 1.165) is 12.8 Å². The van der Waals surface area contributed by atoms with Crippen molar-refractivity contribution in [3.05, 3.63) is 12.3 Å². The largest absolute Gasteiger partial charge is 0.395 e. The molecule has 3 N–H and O–H groups in total. The fourth-order valence-electron chi connectivity index (χ4n) is 1.28. The van der Waals surface area contributed by atoms with E-state index in [2.05, 4.69) is 26.1 Å². The summed E-state index contributed by atoms with van der Waals surface area (Å²) < 4.78 is 0. The average molecular weight is 198 g/mol. The third kappa shape index (κ3) is 5.02. The Labute approximate surface area is 86.7 Å². The van der Waals surface area contributed by atoms with E-state index in [9.17, 15) is 0 Å². The normalized spacial score (nSPS) is 12.0. The first-order valence-electron chi connectivity index (χ1n) is 5.14. The Balaban J connectivity index is 3.99. The summed E-state index contributed by atoms with van der Waals surface area (Å²) in [6.45, 7) is 6.95. The minimum absolute atomic E-state index is 0.0495. The second-order valence-electron chi connectivity index (χ2n) is 4.06. The van der Waals surface area contributed by atoms with Gasteiger partial charge in [0.25, 0.3) is 0 Å². The van der Waals surface area contributed by atoms with Crippen molar-refractivity contribution in [2.45, 2.75) is 33.6 Å². The second-order valence-corrected chi connectivity index (χ2v) is 4.06. The average Bonchev–Trinajstić information content (AvgIpc) is 2.12. The number of allylic oxidation sites excluding steroid dienone is 1. The molecule has 3 heteroatoms. The molecule has 82 valence electrons. The zero-order valence-electron chi connectivity index (χ0n) is 9.43. The van der Waals surface area contributed by atoms with Crippen LogP contribution in [-0.4, -0.2) is 24.0 Å². The lowest BCUT2D eigenvalue weighted by atomic mass is 9.83. The van der Waals surface area contributed by atoms with Crippen LogP contribution < -0.4 is 5.32 Å².